The average molecular weight is 277 g/mol. The first-order valence-electron chi connectivity index (χ1n) is 8.64. The topological polar surface area (TPSA) is 49.3 Å². The van der Waals surface area contributed by atoms with E-state index in [1.807, 2.05) is 0 Å². The summed E-state index contributed by atoms with van der Waals surface area (Å²) in [5, 5.41) is 13.3. The van der Waals surface area contributed by atoms with Gasteiger partial charge >= 0.3 is 0 Å². The Hall–Kier alpha value is -0.570. The van der Waals surface area contributed by atoms with Crippen molar-refractivity contribution in [3.05, 3.63) is 0 Å². The Kier molecular flexibility index (Phi) is 3.10. The molecule has 5 saturated carbocycles. The summed E-state index contributed by atoms with van der Waals surface area (Å²) < 4.78 is 0. The molecule has 112 valence electrons. The van der Waals surface area contributed by atoms with Crippen LogP contribution in [0.5, 0.6) is 0 Å². The van der Waals surface area contributed by atoms with E-state index in [9.17, 15) is 9.90 Å². The summed E-state index contributed by atoms with van der Waals surface area (Å²) in [6, 6.07) is 0.0178. The fraction of sp³-hybridized carbons (Fsp3) is 0.941. The molecule has 3 nitrogen and oxygen atoms in total. The minimum Gasteiger partial charge on any atom is -0.391 e. The first-order chi connectivity index (χ1) is 9.64. The van der Waals surface area contributed by atoms with Gasteiger partial charge in [-0.3, -0.25) is 4.79 Å². The molecule has 0 aromatic carbocycles. The molecule has 0 heterocycles. The number of carbonyl (C=O) groups is 1. The second kappa shape index (κ2) is 4.72. The Labute approximate surface area is 121 Å². The van der Waals surface area contributed by atoms with Crippen LogP contribution in [0.3, 0.4) is 0 Å². The zero-order chi connectivity index (χ0) is 13.7. The minimum atomic E-state index is -0.318. The fourth-order valence-electron chi connectivity index (χ4n) is 5.99. The molecule has 1 amide bonds. The zero-order valence-electron chi connectivity index (χ0n) is 12.3. The molecule has 0 radical (unpaired) electrons. The van der Waals surface area contributed by atoms with Crippen molar-refractivity contribution in [2.24, 2.45) is 23.2 Å². The van der Waals surface area contributed by atoms with Gasteiger partial charge in [-0.25, -0.2) is 0 Å². The van der Waals surface area contributed by atoms with Crippen LogP contribution >= 0.6 is 0 Å². The first-order valence-corrected chi connectivity index (χ1v) is 8.64. The highest BCUT2D eigenvalue weighted by Crippen LogP contribution is 2.60. The number of aliphatic hydroxyl groups is 1. The molecule has 5 rings (SSSR count). The van der Waals surface area contributed by atoms with Crippen LogP contribution in [0, 0.1) is 23.2 Å². The third kappa shape index (κ3) is 2.09. The second-order valence-electron chi connectivity index (χ2n) is 8.13. The zero-order valence-corrected chi connectivity index (χ0v) is 12.3. The largest absolute Gasteiger partial charge is 0.391 e. The third-order valence-corrected chi connectivity index (χ3v) is 6.57. The van der Waals surface area contributed by atoms with E-state index in [4.69, 9.17) is 0 Å². The highest BCUT2D eigenvalue weighted by Gasteiger charge is 2.54. The number of hydrogen-bond donors (Lipinski definition) is 2. The highest BCUT2D eigenvalue weighted by molar-refractivity contribution is 5.83. The maximum atomic E-state index is 12.9. The molecule has 0 aromatic heterocycles. The summed E-state index contributed by atoms with van der Waals surface area (Å²) in [5.41, 5.74) is -0.0636. The molecular formula is C17H27NO2. The van der Waals surface area contributed by atoms with Gasteiger partial charge in [-0.05, 0) is 69.1 Å². The molecule has 0 aliphatic heterocycles. The lowest BCUT2D eigenvalue weighted by atomic mass is 9.49. The fourth-order valence-corrected chi connectivity index (χ4v) is 5.99. The summed E-state index contributed by atoms with van der Waals surface area (Å²) >= 11 is 0. The number of rotatable bonds is 2. The molecule has 0 aromatic rings. The quantitative estimate of drug-likeness (QED) is 0.815. The van der Waals surface area contributed by atoms with Crippen LogP contribution in [0.15, 0.2) is 0 Å². The number of carbonyl (C=O) groups excluding carboxylic acids is 1. The van der Waals surface area contributed by atoms with Crippen molar-refractivity contribution in [1.29, 1.82) is 0 Å². The van der Waals surface area contributed by atoms with Gasteiger partial charge in [-0.15, -0.1) is 0 Å². The van der Waals surface area contributed by atoms with Gasteiger partial charge in [0.15, 0.2) is 0 Å². The molecule has 0 saturated heterocycles. The van der Waals surface area contributed by atoms with Crippen molar-refractivity contribution in [3.8, 4) is 0 Å². The first kappa shape index (κ1) is 13.1. The molecule has 0 spiro atoms. The molecule has 2 atom stereocenters. The van der Waals surface area contributed by atoms with Crippen molar-refractivity contribution in [2.75, 3.05) is 0 Å². The SMILES string of the molecule is O=C(N[C@@H]1CCCC[C@H]1O)C12CC3CC(CC(C3)C1)C2. The number of nitrogens with one attached hydrogen (secondary N) is 1. The van der Waals surface area contributed by atoms with E-state index >= 15 is 0 Å². The van der Waals surface area contributed by atoms with Gasteiger partial charge in [-0.1, -0.05) is 12.8 Å². The Bertz CT molecular complexity index is 371. The summed E-state index contributed by atoms with van der Waals surface area (Å²) in [6.07, 6.45) is 11.2. The lowest BCUT2D eigenvalue weighted by molar-refractivity contribution is -0.148. The maximum absolute atomic E-state index is 12.9. The lowest BCUT2D eigenvalue weighted by Crippen LogP contribution is -2.57. The van der Waals surface area contributed by atoms with Gasteiger partial charge in [0.1, 0.15) is 0 Å². The summed E-state index contributed by atoms with van der Waals surface area (Å²) in [5.74, 6) is 2.71. The van der Waals surface area contributed by atoms with E-state index in [2.05, 4.69) is 5.32 Å². The van der Waals surface area contributed by atoms with Crippen molar-refractivity contribution >= 4 is 5.91 Å². The van der Waals surface area contributed by atoms with Gasteiger partial charge in [0.25, 0.3) is 0 Å². The molecular weight excluding hydrogens is 250 g/mol. The van der Waals surface area contributed by atoms with Crippen molar-refractivity contribution in [1.82, 2.24) is 5.32 Å². The standard InChI is InChI=1S/C17H27NO2/c19-15-4-2-1-3-14(15)18-16(20)17-8-11-5-12(9-17)7-13(6-11)10-17/h11-15,19H,1-10H2,(H,18,20)/t11?,12?,13?,14-,15-,17?/m1/s1. The van der Waals surface area contributed by atoms with Gasteiger partial charge in [0.2, 0.25) is 5.91 Å². The second-order valence-corrected chi connectivity index (χ2v) is 8.13. The molecule has 5 aliphatic carbocycles. The number of amides is 1. The summed E-state index contributed by atoms with van der Waals surface area (Å²) in [4.78, 5) is 12.9. The third-order valence-electron chi connectivity index (χ3n) is 6.57. The minimum absolute atomic E-state index is 0.0178. The monoisotopic (exact) mass is 277 g/mol. The molecule has 5 aliphatic rings. The molecule has 2 N–H and O–H groups in total. The highest BCUT2D eigenvalue weighted by atomic mass is 16.3. The van der Waals surface area contributed by atoms with Gasteiger partial charge < -0.3 is 10.4 Å². The van der Waals surface area contributed by atoms with E-state index in [-0.39, 0.29) is 23.5 Å². The van der Waals surface area contributed by atoms with Crippen LogP contribution in [0.1, 0.15) is 64.2 Å². The van der Waals surface area contributed by atoms with Crippen molar-refractivity contribution in [3.63, 3.8) is 0 Å². The Balaban J connectivity index is 1.48. The Morgan fingerprint density at radius 2 is 1.50 bits per heavy atom. The average Bonchev–Trinajstić information content (AvgIpc) is 2.40. The van der Waals surface area contributed by atoms with Crippen LogP contribution in [-0.4, -0.2) is 23.2 Å². The van der Waals surface area contributed by atoms with E-state index < -0.39 is 0 Å². The van der Waals surface area contributed by atoms with E-state index in [1.165, 1.54) is 19.3 Å². The number of hydrogen-bond acceptors (Lipinski definition) is 2. The summed E-state index contributed by atoms with van der Waals surface area (Å²) in [7, 11) is 0. The van der Waals surface area contributed by atoms with Crippen LogP contribution in [0.25, 0.3) is 0 Å². The smallest absolute Gasteiger partial charge is 0.226 e. The van der Waals surface area contributed by atoms with Gasteiger partial charge in [0, 0.05) is 5.41 Å². The molecule has 0 unspecified atom stereocenters. The normalized spacial score (nSPS) is 50.1. The molecule has 5 fully saturated rings. The van der Waals surface area contributed by atoms with Gasteiger partial charge in [0.05, 0.1) is 12.1 Å². The summed E-state index contributed by atoms with van der Waals surface area (Å²) in [6.45, 7) is 0. The van der Waals surface area contributed by atoms with Crippen LogP contribution in [0.2, 0.25) is 0 Å². The van der Waals surface area contributed by atoms with Crippen LogP contribution in [-0.2, 0) is 4.79 Å². The Morgan fingerprint density at radius 1 is 0.950 bits per heavy atom. The predicted molar refractivity (Wildman–Crippen MR) is 77.0 cm³/mol. The molecule has 20 heavy (non-hydrogen) atoms. The molecule has 4 bridgehead atoms. The van der Waals surface area contributed by atoms with Crippen LogP contribution < -0.4 is 5.32 Å². The predicted octanol–water partition coefficient (Wildman–Crippen LogP) is 2.62. The number of aliphatic hydroxyl groups excluding tert-OH is 1. The molecule has 3 heteroatoms. The van der Waals surface area contributed by atoms with E-state index in [0.29, 0.717) is 0 Å². The van der Waals surface area contributed by atoms with Crippen molar-refractivity contribution < 1.29 is 9.90 Å². The maximum Gasteiger partial charge on any atom is 0.226 e. The van der Waals surface area contributed by atoms with Crippen molar-refractivity contribution in [2.45, 2.75) is 76.4 Å². The lowest BCUT2D eigenvalue weighted by Gasteiger charge is -2.56. The van der Waals surface area contributed by atoms with Gasteiger partial charge in [-0.2, -0.15) is 0 Å². The van der Waals surface area contributed by atoms with E-state index in [1.54, 1.807) is 0 Å². The van der Waals surface area contributed by atoms with E-state index in [0.717, 1.165) is 62.7 Å². The Morgan fingerprint density at radius 3 is 2.05 bits per heavy atom. The van der Waals surface area contributed by atoms with Crippen LogP contribution in [0.4, 0.5) is 0 Å².